The Hall–Kier alpha value is -1.88. The van der Waals surface area contributed by atoms with E-state index in [0.717, 1.165) is 43.0 Å². The van der Waals surface area contributed by atoms with E-state index in [1.807, 2.05) is 17.0 Å². The van der Waals surface area contributed by atoms with Crippen LogP contribution in [-0.2, 0) is 11.3 Å². The largest absolute Gasteiger partial charge is 0.339 e. The van der Waals surface area contributed by atoms with Crippen LogP contribution in [-0.4, -0.2) is 46.5 Å². The van der Waals surface area contributed by atoms with Crippen LogP contribution in [0.3, 0.4) is 0 Å². The van der Waals surface area contributed by atoms with Gasteiger partial charge in [0, 0.05) is 32.1 Å². The van der Waals surface area contributed by atoms with Crippen molar-refractivity contribution in [2.75, 3.05) is 26.2 Å². The molecular formula is C19H26N4O. The molecule has 0 bridgehead atoms. The maximum atomic E-state index is 12.8. The van der Waals surface area contributed by atoms with Crippen molar-refractivity contribution in [3.8, 4) is 0 Å². The first-order valence-electron chi connectivity index (χ1n) is 9.26. The van der Waals surface area contributed by atoms with Crippen molar-refractivity contribution < 1.29 is 4.79 Å². The lowest BCUT2D eigenvalue weighted by molar-refractivity contribution is -0.132. The Morgan fingerprint density at radius 2 is 1.88 bits per heavy atom. The van der Waals surface area contributed by atoms with E-state index in [0.29, 0.717) is 12.5 Å². The molecule has 0 atom stereocenters. The molecule has 1 N–H and O–H groups in total. The Labute approximate surface area is 143 Å². The molecule has 1 amide bonds. The maximum Gasteiger partial charge on any atom is 0.242 e. The molecule has 2 heterocycles. The molecule has 1 aromatic heterocycles. The van der Waals surface area contributed by atoms with E-state index in [-0.39, 0.29) is 5.91 Å². The fraction of sp³-hybridized carbons (Fsp3) is 0.579. The number of piperazine rings is 1. The number of hydrogen-bond acceptors (Lipinski definition) is 3. The highest BCUT2D eigenvalue weighted by molar-refractivity contribution is 5.81. The average Bonchev–Trinajstić information content (AvgIpc) is 3.02. The molecule has 128 valence electrons. The molecule has 5 heteroatoms. The number of nitrogens with one attached hydrogen (secondary N) is 1. The Balaban J connectivity index is 1.65. The van der Waals surface area contributed by atoms with Crippen LogP contribution in [0.1, 0.15) is 43.8 Å². The SMILES string of the molecule is O=C(Cn1c(C2CCCCC2)nc2ccccc21)N1CCNCC1. The van der Waals surface area contributed by atoms with Crippen molar-refractivity contribution in [2.45, 2.75) is 44.6 Å². The fourth-order valence-corrected chi connectivity index (χ4v) is 4.08. The van der Waals surface area contributed by atoms with Crippen molar-refractivity contribution >= 4 is 16.9 Å². The first kappa shape index (κ1) is 15.6. The molecular weight excluding hydrogens is 300 g/mol. The van der Waals surface area contributed by atoms with Crippen LogP contribution in [0, 0.1) is 0 Å². The van der Waals surface area contributed by atoms with E-state index in [2.05, 4.69) is 22.0 Å². The maximum absolute atomic E-state index is 12.8. The predicted molar refractivity (Wildman–Crippen MR) is 95.0 cm³/mol. The lowest BCUT2D eigenvalue weighted by Gasteiger charge is -2.28. The quantitative estimate of drug-likeness (QED) is 0.943. The summed E-state index contributed by atoms with van der Waals surface area (Å²) in [7, 11) is 0. The Bertz CT molecular complexity index is 711. The molecule has 2 aliphatic rings. The number of para-hydroxylation sites is 2. The number of carbonyl (C=O) groups is 1. The second kappa shape index (κ2) is 6.93. The van der Waals surface area contributed by atoms with Gasteiger partial charge in [-0.1, -0.05) is 31.4 Å². The normalized spacial score (nSPS) is 19.8. The van der Waals surface area contributed by atoms with Gasteiger partial charge in [-0.2, -0.15) is 0 Å². The summed E-state index contributed by atoms with van der Waals surface area (Å²) < 4.78 is 2.19. The molecule has 2 aromatic rings. The van der Waals surface area contributed by atoms with Gasteiger partial charge in [-0.25, -0.2) is 4.98 Å². The van der Waals surface area contributed by atoms with Crippen molar-refractivity contribution in [3.63, 3.8) is 0 Å². The number of imidazole rings is 1. The number of carbonyl (C=O) groups excluding carboxylic acids is 1. The van der Waals surface area contributed by atoms with Crippen molar-refractivity contribution in [1.82, 2.24) is 19.8 Å². The highest BCUT2D eigenvalue weighted by atomic mass is 16.2. The van der Waals surface area contributed by atoms with Crippen LogP contribution in [0.25, 0.3) is 11.0 Å². The highest BCUT2D eigenvalue weighted by Gasteiger charge is 2.25. The summed E-state index contributed by atoms with van der Waals surface area (Å²) in [4.78, 5) is 19.7. The molecule has 0 unspecified atom stereocenters. The van der Waals surface area contributed by atoms with Gasteiger partial charge in [-0.05, 0) is 25.0 Å². The Kier molecular flexibility index (Phi) is 4.52. The minimum absolute atomic E-state index is 0.219. The fourth-order valence-electron chi connectivity index (χ4n) is 4.08. The van der Waals surface area contributed by atoms with Crippen LogP contribution in [0.2, 0.25) is 0 Å². The molecule has 1 aliphatic heterocycles. The lowest BCUT2D eigenvalue weighted by atomic mass is 9.88. The molecule has 1 aromatic carbocycles. The summed E-state index contributed by atoms with van der Waals surface area (Å²) in [5.74, 6) is 1.85. The van der Waals surface area contributed by atoms with E-state index in [1.54, 1.807) is 0 Å². The average molecular weight is 326 g/mol. The summed E-state index contributed by atoms with van der Waals surface area (Å²) in [5, 5.41) is 3.31. The van der Waals surface area contributed by atoms with E-state index >= 15 is 0 Å². The number of aromatic nitrogens is 2. The van der Waals surface area contributed by atoms with Crippen LogP contribution in [0.4, 0.5) is 0 Å². The van der Waals surface area contributed by atoms with Crippen LogP contribution >= 0.6 is 0 Å². The number of hydrogen-bond donors (Lipinski definition) is 1. The predicted octanol–water partition coefficient (Wildman–Crippen LogP) is 2.52. The number of amides is 1. The molecule has 4 rings (SSSR count). The van der Waals surface area contributed by atoms with Gasteiger partial charge >= 0.3 is 0 Å². The van der Waals surface area contributed by atoms with Gasteiger partial charge in [-0.3, -0.25) is 4.79 Å². The Morgan fingerprint density at radius 3 is 2.67 bits per heavy atom. The first-order valence-corrected chi connectivity index (χ1v) is 9.26. The topological polar surface area (TPSA) is 50.2 Å². The summed E-state index contributed by atoms with van der Waals surface area (Å²) in [6.07, 6.45) is 6.28. The molecule has 24 heavy (non-hydrogen) atoms. The second-order valence-corrected chi connectivity index (χ2v) is 7.01. The van der Waals surface area contributed by atoms with Gasteiger partial charge in [-0.15, -0.1) is 0 Å². The third-order valence-electron chi connectivity index (χ3n) is 5.42. The lowest BCUT2D eigenvalue weighted by Crippen LogP contribution is -2.47. The molecule has 1 aliphatic carbocycles. The van der Waals surface area contributed by atoms with Gasteiger partial charge in [0.2, 0.25) is 5.91 Å². The van der Waals surface area contributed by atoms with E-state index < -0.39 is 0 Å². The van der Waals surface area contributed by atoms with Crippen LogP contribution in [0.15, 0.2) is 24.3 Å². The summed E-state index contributed by atoms with van der Waals surface area (Å²) in [6.45, 7) is 3.83. The summed E-state index contributed by atoms with van der Waals surface area (Å²) in [5.41, 5.74) is 2.12. The monoisotopic (exact) mass is 326 g/mol. The summed E-state index contributed by atoms with van der Waals surface area (Å²) >= 11 is 0. The van der Waals surface area contributed by atoms with E-state index in [4.69, 9.17) is 4.98 Å². The smallest absolute Gasteiger partial charge is 0.242 e. The molecule has 5 nitrogen and oxygen atoms in total. The zero-order valence-corrected chi connectivity index (χ0v) is 14.2. The molecule has 2 fully saturated rings. The molecule has 1 saturated heterocycles. The second-order valence-electron chi connectivity index (χ2n) is 7.01. The van der Waals surface area contributed by atoms with Crippen LogP contribution in [0.5, 0.6) is 0 Å². The number of benzene rings is 1. The third-order valence-corrected chi connectivity index (χ3v) is 5.42. The van der Waals surface area contributed by atoms with Gasteiger partial charge < -0.3 is 14.8 Å². The van der Waals surface area contributed by atoms with Crippen LogP contribution < -0.4 is 5.32 Å². The van der Waals surface area contributed by atoms with E-state index in [1.165, 1.54) is 32.1 Å². The van der Waals surface area contributed by atoms with E-state index in [9.17, 15) is 4.79 Å². The number of rotatable bonds is 3. The zero-order valence-electron chi connectivity index (χ0n) is 14.2. The first-order chi connectivity index (χ1) is 11.8. The Morgan fingerprint density at radius 1 is 1.12 bits per heavy atom. The van der Waals surface area contributed by atoms with Gasteiger partial charge in [0.25, 0.3) is 0 Å². The van der Waals surface area contributed by atoms with Crippen molar-refractivity contribution in [2.24, 2.45) is 0 Å². The standard InChI is InChI=1S/C19H26N4O/c24-18(22-12-10-20-11-13-22)14-23-17-9-5-4-8-16(17)21-19(23)15-6-2-1-3-7-15/h4-5,8-9,15,20H,1-3,6-7,10-14H2. The minimum Gasteiger partial charge on any atom is -0.339 e. The third kappa shape index (κ3) is 3.05. The minimum atomic E-state index is 0.219. The molecule has 0 spiro atoms. The van der Waals surface area contributed by atoms with Gasteiger partial charge in [0.1, 0.15) is 12.4 Å². The van der Waals surface area contributed by atoms with Gasteiger partial charge in [0.05, 0.1) is 11.0 Å². The molecule has 0 radical (unpaired) electrons. The van der Waals surface area contributed by atoms with Crippen molar-refractivity contribution in [1.29, 1.82) is 0 Å². The summed E-state index contributed by atoms with van der Waals surface area (Å²) in [6, 6.07) is 8.23. The number of fused-ring (bicyclic) bond motifs is 1. The number of nitrogens with zero attached hydrogens (tertiary/aromatic N) is 3. The molecule has 1 saturated carbocycles. The highest BCUT2D eigenvalue weighted by Crippen LogP contribution is 2.33. The van der Waals surface area contributed by atoms with Gasteiger partial charge in [0.15, 0.2) is 0 Å². The zero-order chi connectivity index (χ0) is 16.4. The van der Waals surface area contributed by atoms with Crippen molar-refractivity contribution in [3.05, 3.63) is 30.1 Å².